The van der Waals surface area contributed by atoms with Gasteiger partial charge in [0.15, 0.2) is 0 Å². The number of fused-ring (bicyclic) bond motifs is 2. The summed E-state index contributed by atoms with van der Waals surface area (Å²) in [5.41, 5.74) is 2.22. The Bertz CT molecular complexity index is 727. The number of carboxylic acid groups (broad SMARTS) is 1. The number of hydrogen-bond acceptors (Lipinski definition) is 1. The van der Waals surface area contributed by atoms with Crippen LogP contribution in [0, 0.1) is 0 Å². The third kappa shape index (κ3) is 1.98. The molecule has 0 bridgehead atoms. The molecule has 3 aromatic rings. The van der Waals surface area contributed by atoms with Gasteiger partial charge < -0.3 is 22.1 Å². The van der Waals surface area contributed by atoms with Crippen LogP contribution in [0.2, 0.25) is 0 Å². The van der Waals surface area contributed by atoms with Crippen LogP contribution >= 0.6 is 0 Å². The fraction of sp³-hybridized carbons (Fsp3) is 0.0667. The van der Waals surface area contributed by atoms with E-state index in [9.17, 15) is 9.90 Å². The number of aromatic nitrogens is 1. The lowest BCUT2D eigenvalue weighted by Crippen LogP contribution is -3.00. The molecule has 0 saturated carbocycles. The quantitative estimate of drug-likeness (QED) is 0.486. The Morgan fingerprint density at radius 1 is 0.947 bits per heavy atom. The molecular formula is C15H12BrNO2. The average Bonchev–Trinajstić information content (AvgIpc) is 2.39. The highest BCUT2D eigenvalue weighted by Crippen LogP contribution is 2.24. The second kappa shape index (κ2) is 4.97. The average molecular weight is 318 g/mol. The zero-order valence-corrected chi connectivity index (χ0v) is 11.9. The molecule has 1 N–H and O–H groups in total. The van der Waals surface area contributed by atoms with E-state index in [0.717, 1.165) is 21.8 Å². The number of nitrogens with zero attached hydrogens (tertiary/aromatic N) is 1. The van der Waals surface area contributed by atoms with Crippen molar-refractivity contribution in [2.45, 2.75) is 0 Å². The van der Waals surface area contributed by atoms with Gasteiger partial charge in [-0.15, -0.1) is 0 Å². The minimum absolute atomic E-state index is 0. The molecule has 3 rings (SSSR count). The van der Waals surface area contributed by atoms with Crippen molar-refractivity contribution in [3.63, 3.8) is 0 Å². The molecule has 1 heterocycles. The number of hydrogen-bond donors (Lipinski definition) is 1. The first-order valence-corrected chi connectivity index (χ1v) is 5.73. The topological polar surface area (TPSA) is 41.2 Å². The molecule has 96 valence electrons. The first-order valence-electron chi connectivity index (χ1n) is 5.73. The Kier molecular flexibility index (Phi) is 3.53. The summed E-state index contributed by atoms with van der Waals surface area (Å²) in [6, 6.07) is 15.2. The van der Waals surface area contributed by atoms with Crippen LogP contribution in [-0.4, -0.2) is 11.1 Å². The van der Waals surface area contributed by atoms with Crippen LogP contribution in [0.25, 0.3) is 21.8 Å². The van der Waals surface area contributed by atoms with E-state index in [2.05, 4.69) is 0 Å². The molecule has 19 heavy (non-hydrogen) atoms. The highest BCUT2D eigenvalue weighted by molar-refractivity contribution is 6.12. The lowest BCUT2D eigenvalue weighted by molar-refractivity contribution is -0.617. The molecule has 0 amide bonds. The van der Waals surface area contributed by atoms with Crippen molar-refractivity contribution in [3.05, 3.63) is 54.1 Å². The van der Waals surface area contributed by atoms with Crippen LogP contribution in [0.4, 0.5) is 0 Å². The maximum Gasteiger partial charge on any atom is 0.337 e. The second-order valence-corrected chi connectivity index (χ2v) is 4.27. The van der Waals surface area contributed by atoms with Gasteiger partial charge in [-0.1, -0.05) is 24.3 Å². The molecule has 0 atom stereocenters. The minimum atomic E-state index is -0.886. The van der Waals surface area contributed by atoms with Crippen LogP contribution in [-0.2, 0) is 7.05 Å². The van der Waals surface area contributed by atoms with E-state index in [1.165, 1.54) is 0 Å². The van der Waals surface area contributed by atoms with E-state index in [-0.39, 0.29) is 17.0 Å². The van der Waals surface area contributed by atoms with Crippen LogP contribution in [0.5, 0.6) is 0 Å². The van der Waals surface area contributed by atoms with Crippen molar-refractivity contribution in [2.24, 2.45) is 7.05 Å². The summed E-state index contributed by atoms with van der Waals surface area (Å²) in [5.74, 6) is -0.886. The van der Waals surface area contributed by atoms with Gasteiger partial charge in [-0.3, -0.25) is 0 Å². The van der Waals surface area contributed by atoms with Gasteiger partial charge in [-0.2, -0.15) is 4.57 Å². The maximum absolute atomic E-state index is 11.5. The van der Waals surface area contributed by atoms with Gasteiger partial charge in [0.2, 0.25) is 11.0 Å². The lowest BCUT2D eigenvalue weighted by Gasteiger charge is -2.06. The Morgan fingerprint density at radius 3 is 1.79 bits per heavy atom. The van der Waals surface area contributed by atoms with E-state index in [1.54, 1.807) is 0 Å². The number of carbonyl (C=O) groups is 1. The Hall–Kier alpha value is -1.94. The molecule has 0 radical (unpaired) electrons. The largest absolute Gasteiger partial charge is 1.00 e. The predicted molar refractivity (Wildman–Crippen MR) is 69.6 cm³/mol. The van der Waals surface area contributed by atoms with Crippen LogP contribution in [0.1, 0.15) is 10.4 Å². The van der Waals surface area contributed by atoms with Crippen molar-refractivity contribution < 1.29 is 31.4 Å². The third-order valence-electron chi connectivity index (χ3n) is 3.28. The highest BCUT2D eigenvalue weighted by atomic mass is 79.9. The van der Waals surface area contributed by atoms with E-state index in [1.807, 2.05) is 60.1 Å². The number of para-hydroxylation sites is 2. The van der Waals surface area contributed by atoms with Crippen LogP contribution in [0.3, 0.4) is 0 Å². The predicted octanol–water partition coefficient (Wildman–Crippen LogP) is -0.480. The van der Waals surface area contributed by atoms with Gasteiger partial charge >= 0.3 is 5.97 Å². The number of pyridine rings is 1. The van der Waals surface area contributed by atoms with E-state index in [4.69, 9.17) is 0 Å². The monoisotopic (exact) mass is 317 g/mol. The fourth-order valence-corrected chi connectivity index (χ4v) is 2.46. The highest BCUT2D eigenvalue weighted by Gasteiger charge is 2.20. The van der Waals surface area contributed by atoms with E-state index >= 15 is 0 Å². The fourth-order valence-electron chi connectivity index (χ4n) is 2.46. The number of benzene rings is 2. The number of carboxylic acids is 1. The Morgan fingerprint density at radius 2 is 1.37 bits per heavy atom. The molecule has 0 aliphatic heterocycles. The molecule has 3 nitrogen and oxygen atoms in total. The number of halogens is 1. The summed E-state index contributed by atoms with van der Waals surface area (Å²) in [6.07, 6.45) is 0. The molecule has 2 aromatic carbocycles. The van der Waals surface area contributed by atoms with Crippen molar-refractivity contribution in [1.29, 1.82) is 0 Å². The third-order valence-corrected chi connectivity index (χ3v) is 3.28. The lowest BCUT2D eigenvalue weighted by atomic mass is 10.0. The molecule has 1 aromatic heterocycles. The summed E-state index contributed by atoms with van der Waals surface area (Å²) in [7, 11) is 1.95. The van der Waals surface area contributed by atoms with E-state index in [0.29, 0.717) is 5.56 Å². The van der Waals surface area contributed by atoms with Gasteiger partial charge in [0.1, 0.15) is 7.05 Å². The summed E-state index contributed by atoms with van der Waals surface area (Å²) >= 11 is 0. The number of rotatable bonds is 1. The van der Waals surface area contributed by atoms with Crippen molar-refractivity contribution in [3.8, 4) is 0 Å². The number of aromatic carboxylic acids is 1. The molecule has 0 fully saturated rings. The van der Waals surface area contributed by atoms with Gasteiger partial charge in [0.05, 0.1) is 16.3 Å². The van der Waals surface area contributed by atoms with Crippen LogP contribution in [0.15, 0.2) is 48.5 Å². The maximum atomic E-state index is 11.5. The molecular weight excluding hydrogens is 306 g/mol. The Balaban J connectivity index is 0.00000133. The zero-order valence-electron chi connectivity index (χ0n) is 10.3. The van der Waals surface area contributed by atoms with E-state index < -0.39 is 5.97 Å². The number of aryl methyl sites for hydroxylation is 1. The van der Waals surface area contributed by atoms with Gasteiger partial charge in [0, 0.05) is 12.1 Å². The van der Waals surface area contributed by atoms with Gasteiger partial charge in [-0.05, 0) is 12.1 Å². The van der Waals surface area contributed by atoms with Gasteiger partial charge in [0.25, 0.3) is 0 Å². The zero-order chi connectivity index (χ0) is 12.7. The van der Waals surface area contributed by atoms with Crippen molar-refractivity contribution >= 4 is 27.8 Å². The second-order valence-electron chi connectivity index (χ2n) is 4.27. The first kappa shape index (κ1) is 13.5. The standard InChI is InChI=1S/C15H11NO2.BrH/c1-16-12-8-4-2-6-10(12)14(15(17)18)11-7-3-5-9-13(11)16;/h2-9H,1H3;1H. The molecule has 0 spiro atoms. The van der Waals surface area contributed by atoms with Crippen molar-refractivity contribution in [2.75, 3.05) is 0 Å². The molecule has 0 unspecified atom stereocenters. The minimum Gasteiger partial charge on any atom is -1.00 e. The first-order chi connectivity index (χ1) is 8.70. The SMILES string of the molecule is C[n+]1c2ccccc2c(C(=O)O)c2ccccc21.[Br-]. The molecule has 0 aliphatic carbocycles. The molecule has 0 aliphatic rings. The summed E-state index contributed by atoms with van der Waals surface area (Å²) in [4.78, 5) is 11.5. The summed E-state index contributed by atoms with van der Waals surface area (Å²) in [6.45, 7) is 0. The summed E-state index contributed by atoms with van der Waals surface area (Å²) < 4.78 is 2.02. The Labute approximate surface area is 120 Å². The normalized spacial score (nSPS) is 10.4. The molecule has 4 heteroatoms. The summed E-state index contributed by atoms with van der Waals surface area (Å²) in [5, 5.41) is 11.0. The van der Waals surface area contributed by atoms with Crippen LogP contribution < -0.4 is 21.5 Å². The molecule has 0 saturated heterocycles. The van der Waals surface area contributed by atoms with Gasteiger partial charge in [-0.25, -0.2) is 4.79 Å². The smallest absolute Gasteiger partial charge is 0.337 e. The van der Waals surface area contributed by atoms with Crippen molar-refractivity contribution in [1.82, 2.24) is 0 Å².